The van der Waals surface area contributed by atoms with Crippen LogP contribution in [-0.2, 0) is 4.79 Å². The van der Waals surface area contributed by atoms with E-state index >= 15 is 0 Å². The fourth-order valence-corrected chi connectivity index (χ4v) is 3.42. The van der Waals surface area contributed by atoms with Crippen molar-refractivity contribution >= 4 is 11.6 Å². The number of anilines is 1. The SMILES string of the molecule is CC1C2CNCC2CN1CC(=O)Nc1ccc(F)c(F)c1. The van der Waals surface area contributed by atoms with Gasteiger partial charge in [-0.1, -0.05) is 0 Å². The molecule has 3 rings (SSSR count). The third kappa shape index (κ3) is 2.91. The number of carbonyl (C=O) groups is 1. The van der Waals surface area contributed by atoms with E-state index in [1.807, 2.05) is 0 Å². The summed E-state index contributed by atoms with van der Waals surface area (Å²) in [5.41, 5.74) is 0.285. The van der Waals surface area contributed by atoms with Gasteiger partial charge in [0.05, 0.1) is 6.54 Å². The number of hydrogen-bond donors (Lipinski definition) is 2. The number of nitrogens with zero attached hydrogens (tertiary/aromatic N) is 1. The van der Waals surface area contributed by atoms with E-state index in [0.29, 0.717) is 17.9 Å². The molecule has 6 heteroatoms. The minimum absolute atomic E-state index is 0.194. The van der Waals surface area contributed by atoms with Crippen molar-refractivity contribution in [2.75, 3.05) is 31.5 Å². The van der Waals surface area contributed by atoms with Crippen LogP contribution in [0.3, 0.4) is 0 Å². The molecule has 0 aromatic heterocycles. The van der Waals surface area contributed by atoms with Crippen LogP contribution in [0.2, 0.25) is 0 Å². The molecule has 1 aromatic carbocycles. The van der Waals surface area contributed by atoms with E-state index in [1.54, 1.807) is 0 Å². The van der Waals surface area contributed by atoms with Gasteiger partial charge in [0, 0.05) is 24.3 Å². The number of halogens is 2. The van der Waals surface area contributed by atoms with E-state index < -0.39 is 11.6 Å². The minimum Gasteiger partial charge on any atom is -0.325 e. The summed E-state index contributed by atoms with van der Waals surface area (Å²) in [6.45, 7) is 5.35. The minimum atomic E-state index is -0.956. The maximum absolute atomic E-state index is 13.1. The number of rotatable bonds is 3. The third-order valence-corrected chi connectivity index (χ3v) is 4.61. The van der Waals surface area contributed by atoms with Gasteiger partial charge in [-0.3, -0.25) is 9.69 Å². The van der Waals surface area contributed by atoms with Gasteiger partial charge in [-0.2, -0.15) is 0 Å². The molecule has 4 nitrogen and oxygen atoms in total. The lowest BCUT2D eigenvalue weighted by Gasteiger charge is -2.23. The average Bonchev–Trinajstić information content (AvgIpc) is 2.99. The number of hydrogen-bond acceptors (Lipinski definition) is 3. The standard InChI is InChI=1S/C15H19F2N3O/c1-9-12-6-18-5-10(12)7-20(9)8-15(21)19-11-2-3-13(16)14(17)4-11/h2-4,9-10,12,18H,5-8H2,1H3,(H,19,21). The molecule has 2 heterocycles. The van der Waals surface area contributed by atoms with Gasteiger partial charge < -0.3 is 10.6 Å². The van der Waals surface area contributed by atoms with Gasteiger partial charge in [0.1, 0.15) is 0 Å². The molecule has 2 saturated heterocycles. The van der Waals surface area contributed by atoms with Crippen LogP contribution in [0.1, 0.15) is 6.92 Å². The van der Waals surface area contributed by atoms with Crippen molar-refractivity contribution in [1.82, 2.24) is 10.2 Å². The predicted octanol–water partition coefficient (Wildman–Crippen LogP) is 1.44. The molecule has 3 atom stereocenters. The molecule has 0 bridgehead atoms. The van der Waals surface area contributed by atoms with Crippen LogP contribution < -0.4 is 10.6 Å². The second kappa shape index (κ2) is 5.69. The van der Waals surface area contributed by atoms with Crippen molar-refractivity contribution in [2.45, 2.75) is 13.0 Å². The first-order chi connectivity index (χ1) is 10.0. The van der Waals surface area contributed by atoms with Crippen LogP contribution in [0.25, 0.3) is 0 Å². The maximum Gasteiger partial charge on any atom is 0.238 e. The Kier molecular flexibility index (Phi) is 3.91. The second-order valence-electron chi connectivity index (χ2n) is 5.93. The lowest BCUT2D eigenvalue weighted by Crippen LogP contribution is -2.38. The number of fused-ring (bicyclic) bond motifs is 1. The van der Waals surface area contributed by atoms with Crippen LogP contribution in [0, 0.1) is 23.5 Å². The molecule has 114 valence electrons. The van der Waals surface area contributed by atoms with Crippen LogP contribution in [0.4, 0.5) is 14.5 Å². The zero-order valence-electron chi connectivity index (χ0n) is 11.9. The number of carbonyl (C=O) groups excluding carboxylic acids is 1. The molecule has 2 fully saturated rings. The molecule has 1 amide bonds. The van der Waals surface area contributed by atoms with E-state index in [-0.39, 0.29) is 18.1 Å². The van der Waals surface area contributed by atoms with Crippen LogP contribution in [0.15, 0.2) is 18.2 Å². The number of benzene rings is 1. The first-order valence-corrected chi connectivity index (χ1v) is 7.24. The van der Waals surface area contributed by atoms with E-state index in [0.717, 1.165) is 31.8 Å². The molecule has 2 aliphatic rings. The Morgan fingerprint density at radius 3 is 2.90 bits per heavy atom. The number of amides is 1. The van der Waals surface area contributed by atoms with Crippen molar-refractivity contribution in [3.63, 3.8) is 0 Å². The van der Waals surface area contributed by atoms with E-state index in [2.05, 4.69) is 22.5 Å². The molecule has 2 N–H and O–H groups in total. The quantitative estimate of drug-likeness (QED) is 0.887. The van der Waals surface area contributed by atoms with Crippen LogP contribution >= 0.6 is 0 Å². The average molecular weight is 295 g/mol. The Morgan fingerprint density at radius 1 is 1.38 bits per heavy atom. The van der Waals surface area contributed by atoms with E-state index in [9.17, 15) is 13.6 Å². The van der Waals surface area contributed by atoms with Gasteiger partial charge in [0.15, 0.2) is 11.6 Å². The molecule has 1 aromatic rings. The topological polar surface area (TPSA) is 44.4 Å². The second-order valence-corrected chi connectivity index (χ2v) is 5.93. The zero-order chi connectivity index (χ0) is 15.0. The zero-order valence-corrected chi connectivity index (χ0v) is 11.9. The lowest BCUT2D eigenvalue weighted by atomic mass is 9.95. The fraction of sp³-hybridized carbons (Fsp3) is 0.533. The van der Waals surface area contributed by atoms with Gasteiger partial charge in [-0.25, -0.2) is 8.78 Å². The predicted molar refractivity (Wildman–Crippen MR) is 75.9 cm³/mol. The van der Waals surface area contributed by atoms with Crippen molar-refractivity contribution < 1.29 is 13.6 Å². The van der Waals surface area contributed by atoms with Gasteiger partial charge in [-0.15, -0.1) is 0 Å². The van der Waals surface area contributed by atoms with Crippen molar-refractivity contribution in [3.8, 4) is 0 Å². The van der Waals surface area contributed by atoms with E-state index in [1.165, 1.54) is 6.07 Å². The number of likely N-dealkylation sites (tertiary alicyclic amines) is 1. The largest absolute Gasteiger partial charge is 0.325 e. The van der Waals surface area contributed by atoms with Crippen molar-refractivity contribution in [2.24, 2.45) is 11.8 Å². The Hall–Kier alpha value is -1.53. The highest BCUT2D eigenvalue weighted by atomic mass is 19.2. The van der Waals surface area contributed by atoms with Crippen molar-refractivity contribution in [1.29, 1.82) is 0 Å². The Bertz CT molecular complexity index is 552. The summed E-state index contributed by atoms with van der Waals surface area (Å²) in [6.07, 6.45) is 0. The van der Waals surface area contributed by atoms with Gasteiger partial charge in [0.25, 0.3) is 0 Å². The van der Waals surface area contributed by atoms with Crippen LogP contribution in [-0.4, -0.2) is 43.0 Å². The molecule has 0 radical (unpaired) electrons. The first-order valence-electron chi connectivity index (χ1n) is 7.24. The Labute approximate surface area is 122 Å². The highest BCUT2D eigenvalue weighted by Gasteiger charge is 2.42. The summed E-state index contributed by atoms with van der Waals surface area (Å²) in [6, 6.07) is 3.74. The summed E-state index contributed by atoms with van der Waals surface area (Å²) in [5, 5.41) is 6.00. The molecule has 21 heavy (non-hydrogen) atoms. The monoisotopic (exact) mass is 295 g/mol. The molecule has 0 spiro atoms. The van der Waals surface area contributed by atoms with Gasteiger partial charge >= 0.3 is 0 Å². The van der Waals surface area contributed by atoms with Gasteiger partial charge in [0.2, 0.25) is 5.91 Å². The molecule has 0 aliphatic carbocycles. The summed E-state index contributed by atoms with van der Waals surface area (Å²) in [4.78, 5) is 14.2. The highest BCUT2D eigenvalue weighted by molar-refractivity contribution is 5.92. The third-order valence-electron chi connectivity index (χ3n) is 4.61. The smallest absolute Gasteiger partial charge is 0.238 e. The summed E-state index contributed by atoms with van der Waals surface area (Å²) in [5.74, 6) is -0.859. The summed E-state index contributed by atoms with van der Waals surface area (Å²) in [7, 11) is 0. The molecule has 2 aliphatic heterocycles. The Balaban J connectivity index is 1.58. The Morgan fingerprint density at radius 2 is 2.19 bits per heavy atom. The molecular weight excluding hydrogens is 276 g/mol. The summed E-state index contributed by atoms with van der Waals surface area (Å²) >= 11 is 0. The normalized spacial score (nSPS) is 28.6. The van der Waals surface area contributed by atoms with Gasteiger partial charge in [-0.05, 0) is 44.0 Å². The lowest BCUT2D eigenvalue weighted by molar-refractivity contribution is -0.117. The number of nitrogens with one attached hydrogen (secondary N) is 2. The molecule has 3 unspecified atom stereocenters. The fourth-order valence-electron chi connectivity index (χ4n) is 3.42. The molecular formula is C15H19F2N3O. The highest BCUT2D eigenvalue weighted by Crippen LogP contribution is 2.31. The van der Waals surface area contributed by atoms with E-state index in [4.69, 9.17) is 0 Å². The van der Waals surface area contributed by atoms with Crippen molar-refractivity contribution in [3.05, 3.63) is 29.8 Å². The van der Waals surface area contributed by atoms with Crippen LogP contribution in [0.5, 0.6) is 0 Å². The maximum atomic E-state index is 13.1. The first kappa shape index (κ1) is 14.4. The molecule has 0 saturated carbocycles. The summed E-state index contributed by atoms with van der Waals surface area (Å²) < 4.78 is 26.0.